The Morgan fingerprint density at radius 1 is 1.14 bits per heavy atom. The molecule has 1 unspecified atom stereocenters. The molecule has 1 aliphatic heterocycles. The summed E-state index contributed by atoms with van der Waals surface area (Å²) in [7, 11) is 0. The van der Waals surface area contributed by atoms with E-state index in [9.17, 15) is 0 Å². The first-order valence-electron chi connectivity index (χ1n) is 7.52. The van der Waals surface area contributed by atoms with Gasteiger partial charge < -0.3 is 10.1 Å². The summed E-state index contributed by atoms with van der Waals surface area (Å²) in [6.45, 7) is 3.45. The Kier molecular flexibility index (Phi) is 4.84. The Morgan fingerprint density at radius 3 is 2.86 bits per heavy atom. The quantitative estimate of drug-likeness (QED) is 0.851. The number of ether oxygens (including phenoxy) is 1. The van der Waals surface area contributed by atoms with Crippen molar-refractivity contribution in [3.63, 3.8) is 0 Å². The molecule has 2 aromatic carbocycles. The maximum absolute atomic E-state index is 5.57. The van der Waals surface area contributed by atoms with E-state index < -0.39 is 0 Å². The molecule has 0 bridgehead atoms. The first kappa shape index (κ1) is 14.5. The standard InChI is InChI=1S/C18H21NOS/c1-2-20-13-14-7-3-5-9-16(14)19-17-11-12-21-18-10-6-4-8-15(17)18/h3-10,17,19H,2,11-13H2,1H3. The third-order valence-corrected chi connectivity index (χ3v) is 4.89. The molecule has 0 amide bonds. The molecular weight excluding hydrogens is 278 g/mol. The van der Waals surface area contributed by atoms with Crippen LogP contribution in [-0.2, 0) is 11.3 Å². The molecule has 1 N–H and O–H groups in total. The highest BCUT2D eigenvalue weighted by atomic mass is 32.2. The van der Waals surface area contributed by atoms with Crippen LogP contribution in [0.4, 0.5) is 5.69 Å². The molecule has 2 nitrogen and oxygen atoms in total. The van der Waals surface area contributed by atoms with Crippen LogP contribution >= 0.6 is 11.8 Å². The van der Waals surface area contributed by atoms with Crippen LogP contribution in [0.1, 0.15) is 30.5 Å². The maximum atomic E-state index is 5.57. The summed E-state index contributed by atoms with van der Waals surface area (Å²) in [5.41, 5.74) is 3.84. The van der Waals surface area contributed by atoms with Crippen LogP contribution in [0.25, 0.3) is 0 Å². The SMILES string of the molecule is CCOCc1ccccc1NC1CCSc2ccccc21. The largest absolute Gasteiger partial charge is 0.378 e. The summed E-state index contributed by atoms with van der Waals surface area (Å²) in [5.74, 6) is 1.17. The van der Waals surface area contributed by atoms with Gasteiger partial charge in [-0.1, -0.05) is 36.4 Å². The van der Waals surface area contributed by atoms with Crippen LogP contribution in [0.15, 0.2) is 53.4 Å². The summed E-state index contributed by atoms with van der Waals surface area (Å²) >= 11 is 1.96. The van der Waals surface area contributed by atoms with Gasteiger partial charge in [0.1, 0.15) is 0 Å². The Bertz CT molecular complexity index is 599. The van der Waals surface area contributed by atoms with E-state index in [1.165, 1.54) is 27.5 Å². The van der Waals surface area contributed by atoms with E-state index in [0.29, 0.717) is 12.6 Å². The van der Waals surface area contributed by atoms with Gasteiger partial charge >= 0.3 is 0 Å². The van der Waals surface area contributed by atoms with Crippen LogP contribution in [0.5, 0.6) is 0 Å². The lowest BCUT2D eigenvalue weighted by Gasteiger charge is -2.27. The molecule has 3 rings (SSSR count). The molecular formula is C18H21NOS. The minimum Gasteiger partial charge on any atom is -0.378 e. The van der Waals surface area contributed by atoms with E-state index in [0.717, 1.165) is 13.0 Å². The van der Waals surface area contributed by atoms with Crippen LogP contribution < -0.4 is 5.32 Å². The van der Waals surface area contributed by atoms with Crippen molar-refractivity contribution < 1.29 is 4.74 Å². The monoisotopic (exact) mass is 299 g/mol. The molecule has 0 fully saturated rings. The fraction of sp³-hybridized carbons (Fsp3) is 0.333. The van der Waals surface area contributed by atoms with E-state index in [1.807, 2.05) is 18.7 Å². The van der Waals surface area contributed by atoms with Gasteiger partial charge in [-0.15, -0.1) is 11.8 Å². The Labute approximate surface area is 130 Å². The fourth-order valence-electron chi connectivity index (χ4n) is 2.68. The molecule has 2 aromatic rings. The van der Waals surface area contributed by atoms with Crippen molar-refractivity contribution in [1.82, 2.24) is 0 Å². The number of anilines is 1. The second kappa shape index (κ2) is 7.01. The highest BCUT2D eigenvalue weighted by Crippen LogP contribution is 2.38. The summed E-state index contributed by atoms with van der Waals surface area (Å²) < 4.78 is 5.57. The van der Waals surface area contributed by atoms with Gasteiger partial charge in [-0.05, 0) is 31.0 Å². The van der Waals surface area contributed by atoms with E-state index in [2.05, 4.69) is 53.8 Å². The maximum Gasteiger partial charge on any atom is 0.0736 e. The van der Waals surface area contributed by atoms with E-state index in [-0.39, 0.29) is 0 Å². The lowest BCUT2D eigenvalue weighted by Crippen LogP contribution is -2.17. The zero-order chi connectivity index (χ0) is 14.5. The highest BCUT2D eigenvalue weighted by Gasteiger charge is 2.20. The number of nitrogens with one attached hydrogen (secondary N) is 1. The lowest BCUT2D eigenvalue weighted by atomic mass is 10.0. The molecule has 0 aromatic heterocycles. The first-order chi connectivity index (χ1) is 10.4. The van der Waals surface area contributed by atoms with Crippen molar-refractivity contribution in [2.45, 2.75) is 30.9 Å². The van der Waals surface area contributed by atoms with Gasteiger partial charge in [-0.25, -0.2) is 0 Å². The Balaban J connectivity index is 1.81. The summed E-state index contributed by atoms with van der Waals surface area (Å²) in [6.07, 6.45) is 1.16. The summed E-state index contributed by atoms with van der Waals surface area (Å²) in [6, 6.07) is 17.6. The van der Waals surface area contributed by atoms with Gasteiger partial charge in [0.05, 0.1) is 12.6 Å². The number of thioether (sulfide) groups is 1. The predicted octanol–water partition coefficient (Wildman–Crippen LogP) is 4.87. The van der Waals surface area contributed by atoms with Gasteiger partial charge in [0, 0.05) is 28.5 Å². The first-order valence-corrected chi connectivity index (χ1v) is 8.51. The number of benzene rings is 2. The molecule has 0 aliphatic carbocycles. The molecule has 1 aliphatic rings. The van der Waals surface area contributed by atoms with Gasteiger partial charge in [0.25, 0.3) is 0 Å². The topological polar surface area (TPSA) is 21.3 Å². The molecule has 0 spiro atoms. The van der Waals surface area contributed by atoms with Gasteiger partial charge in [0.2, 0.25) is 0 Å². The van der Waals surface area contributed by atoms with Crippen molar-refractivity contribution in [3.8, 4) is 0 Å². The smallest absolute Gasteiger partial charge is 0.0736 e. The zero-order valence-corrected chi connectivity index (χ0v) is 13.2. The van der Waals surface area contributed by atoms with E-state index in [1.54, 1.807) is 0 Å². The van der Waals surface area contributed by atoms with Crippen molar-refractivity contribution in [2.24, 2.45) is 0 Å². The van der Waals surface area contributed by atoms with Crippen molar-refractivity contribution in [2.75, 3.05) is 17.7 Å². The van der Waals surface area contributed by atoms with Crippen molar-refractivity contribution >= 4 is 17.4 Å². The number of fused-ring (bicyclic) bond motifs is 1. The Hall–Kier alpha value is -1.45. The highest BCUT2D eigenvalue weighted by molar-refractivity contribution is 7.99. The summed E-state index contributed by atoms with van der Waals surface area (Å²) in [5, 5.41) is 3.72. The minimum atomic E-state index is 0.394. The predicted molar refractivity (Wildman–Crippen MR) is 89.9 cm³/mol. The van der Waals surface area contributed by atoms with E-state index >= 15 is 0 Å². The lowest BCUT2D eigenvalue weighted by molar-refractivity contribution is 0.134. The molecule has 0 saturated heterocycles. The third kappa shape index (κ3) is 3.42. The molecule has 0 radical (unpaired) electrons. The molecule has 1 atom stereocenters. The second-order valence-electron chi connectivity index (χ2n) is 5.17. The summed E-state index contributed by atoms with van der Waals surface area (Å²) in [4.78, 5) is 1.41. The molecule has 0 saturated carbocycles. The van der Waals surface area contributed by atoms with Crippen LogP contribution in [0.3, 0.4) is 0 Å². The molecule has 3 heteroatoms. The average Bonchev–Trinajstić information content (AvgIpc) is 2.54. The van der Waals surface area contributed by atoms with E-state index in [4.69, 9.17) is 4.74 Å². The zero-order valence-electron chi connectivity index (χ0n) is 12.3. The minimum absolute atomic E-state index is 0.394. The second-order valence-corrected chi connectivity index (χ2v) is 6.30. The van der Waals surface area contributed by atoms with Gasteiger partial charge in [0.15, 0.2) is 0 Å². The fourth-order valence-corrected chi connectivity index (χ4v) is 3.80. The van der Waals surface area contributed by atoms with Crippen LogP contribution in [0.2, 0.25) is 0 Å². The number of hydrogen-bond acceptors (Lipinski definition) is 3. The molecule has 21 heavy (non-hydrogen) atoms. The molecule has 1 heterocycles. The normalized spacial score (nSPS) is 17.3. The van der Waals surface area contributed by atoms with Crippen LogP contribution in [-0.4, -0.2) is 12.4 Å². The van der Waals surface area contributed by atoms with Crippen LogP contribution in [0, 0.1) is 0 Å². The molecule has 110 valence electrons. The van der Waals surface area contributed by atoms with Gasteiger partial charge in [-0.3, -0.25) is 0 Å². The van der Waals surface area contributed by atoms with Gasteiger partial charge in [-0.2, -0.15) is 0 Å². The Morgan fingerprint density at radius 2 is 1.95 bits per heavy atom. The number of hydrogen-bond donors (Lipinski definition) is 1. The van der Waals surface area contributed by atoms with Crippen molar-refractivity contribution in [1.29, 1.82) is 0 Å². The van der Waals surface area contributed by atoms with Crippen molar-refractivity contribution in [3.05, 3.63) is 59.7 Å². The average molecular weight is 299 g/mol. The number of para-hydroxylation sites is 1. The number of rotatable bonds is 5. The third-order valence-electron chi connectivity index (χ3n) is 3.77.